The van der Waals surface area contributed by atoms with E-state index in [4.69, 9.17) is 15.2 Å². The Labute approximate surface area is 264 Å². The average molecular weight is 629 g/mol. The van der Waals surface area contributed by atoms with Crippen LogP contribution in [0.15, 0.2) is 60.4 Å². The fraction of sp³-hybridized carbons (Fsp3) is 0.364. The van der Waals surface area contributed by atoms with Gasteiger partial charge in [-0.3, -0.25) is 9.69 Å². The Morgan fingerprint density at radius 1 is 1.11 bits per heavy atom. The molecule has 2 saturated heterocycles. The second kappa shape index (κ2) is 12.8. The predicted molar refractivity (Wildman–Crippen MR) is 167 cm³/mol. The number of nitrogens with two attached hydrogens (primary N) is 1. The highest BCUT2D eigenvalue weighted by molar-refractivity contribution is 5.99. The van der Waals surface area contributed by atoms with Gasteiger partial charge in [0.1, 0.15) is 35.2 Å². The van der Waals surface area contributed by atoms with Crippen LogP contribution in [0.1, 0.15) is 32.7 Å². The van der Waals surface area contributed by atoms with Crippen molar-refractivity contribution in [1.82, 2.24) is 29.5 Å². The third-order valence-electron chi connectivity index (χ3n) is 8.50. The second-order valence-corrected chi connectivity index (χ2v) is 11.9. The SMILES string of the molecule is CC(C)(C=C(C#N)C(=O)N1CCCC(n2nc(-c3ccc(Oc4ccccc4)c(F)c3F)c3c(N)ncnc32)C1)N1CCOCC1. The number of ether oxygens (including phenoxy) is 2. The number of rotatable bonds is 7. The van der Waals surface area contributed by atoms with Crippen LogP contribution in [0, 0.1) is 23.0 Å². The lowest BCUT2D eigenvalue weighted by atomic mass is 9.97. The Hall–Kier alpha value is -4.93. The summed E-state index contributed by atoms with van der Waals surface area (Å²) in [5.41, 5.74) is 6.05. The topological polar surface area (TPSA) is 135 Å². The molecule has 13 heteroatoms. The Morgan fingerprint density at radius 2 is 1.87 bits per heavy atom. The quantitative estimate of drug-likeness (QED) is 0.225. The molecule has 2 aliphatic heterocycles. The molecule has 2 aliphatic rings. The molecule has 1 unspecified atom stereocenters. The number of hydrogen-bond acceptors (Lipinski definition) is 9. The molecule has 0 radical (unpaired) electrons. The van der Waals surface area contributed by atoms with Crippen LogP contribution in [0.4, 0.5) is 14.6 Å². The Bertz CT molecular complexity index is 1830. The van der Waals surface area contributed by atoms with Crippen LogP contribution in [-0.4, -0.2) is 80.4 Å². The van der Waals surface area contributed by atoms with Crippen molar-refractivity contribution in [3.8, 4) is 28.8 Å². The molecule has 2 aromatic carbocycles. The summed E-state index contributed by atoms with van der Waals surface area (Å²) in [6, 6.07) is 13.0. The number of fused-ring (bicyclic) bond motifs is 1. The van der Waals surface area contributed by atoms with Crippen LogP contribution in [0.5, 0.6) is 11.5 Å². The monoisotopic (exact) mass is 628 g/mol. The lowest BCUT2D eigenvalue weighted by Gasteiger charge is -2.39. The molecule has 6 rings (SSSR count). The first-order valence-electron chi connectivity index (χ1n) is 15.1. The van der Waals surface area contributed by atoms with E-state index in [-0.39, 0.29) is 52.3 Å². The zero-order valence-electron chi connectivity index (χ0n) is 25.6. The number of halogens is 2. The summed E-state index contributed by atoms with van der Waals surface area (Å²) in [6.07, 6.45) is 4.27. The van der Waals surface area contributed by atoms with Crippen LogP contribution < -0.4 is 10.5 Å². The van der Waals surface area contributed by atoms with Crippen molar-refractivity contribution < 1.29 is 23.0 Å². The van der Waals surface area contributed by atoms with E-state index in [1.165, 1.54) is 18.5 Å². The Morgan fingerprint density at radius 3 is 2.61 bits per heavy atom. The molecule has 2 fully saturated rings. The van der Waals surface area contributed by atoms with Crippen molar-refractivity contribution in [2.45, 2.75) is 38.3 Å². The summed E-state index contributed by atoms with van der Waals surface area (Å²) in [7, 11) is 0. The second-order valence-electron chi connectivity index (χ2n) is 11.9. The average Bonchev–Trinajstić information content (AvgIpc) is 3.47. The third-order valence-corrected chi connectivity index (χ3v) is 8.50. The minimum Gasteiger partial charge on any atom is -0.454 e. The molecule has 11 nitrogen and oxygen atoms in total. The molecule has 4 aromatic rings. The Kier molecular flexibility index (Phi) is 8.66. The molecule has 0 spiro atoms. The van der Waals surface area contributed by atoms with Gasteiger partial charge in [0.2, 0.25) is 5.82 Å². The van der Waals surface area contributed by atoms with E-state index in [2.05, 4.69) is 26.0 Å². The Balaban J connectivity index is 1.31. The van der Waals surface area contributed by atoms with Crippen LogP contribution in [0.3, 0.4) is 0 Å². The number of carbonyl (C=O) groups excluding carboxylic acids is 1. The van der Waals surface area contributed by atoms with E-state index >= 15 is 8.78 Å². The van der Waals surface area contributed by atoms with Crippen LogP contribution >= 0.6 is 0 Å². The van der Waals surface area contributed by atoms with Gasteiger partial charge in [-0.1, -0.05) is 18.2 Å². The van der Waals surface area contributed by atoms with E-state index in [1.807, 2.05) is 13.8 Å². The standard InChI is InChI=1S/C33H34F2N8O3/c1-33(2,42-13-15-45-16-14-42)17-21(18-36)32(44)41-12-6-7-22(19-41)43-31-26(30(37)38-20-39-31)29(40-43)24-10-11-25(28(35)27(24)34)46-23-8-4-3-5-9-23/h3-5,8-11,17,20,22H,6-7,12-16,19H2,1-2H3,(H2,37,38,39). The fourth-order valence-corrected chi connectivity index (χ4v) is 6.08. The van der Waals surface area contributed by atoms with Crippen molar-refractivity contribution in [3.05, 3.63) is 72.1 Å². The number of nitrogens with zero attached hydrogens (tertiary/aromatic N) is 7. The number of amides is 1. The number of carbonyl (C=O) groups is 1. The number of aromatic nitrogens is 4. The number of likely N-dealkylation sites (tertiary alicyclic amines) is 1. The molecule has 2 aromatic heterocycles. The van der Waals surface area contributed by atoms with Gasteiger partial charge in [-0.2, -0.15) is 14.8 Å². The molecule has 0 bridgehead atoms. The highest BCUT2D eigenvalue weighted by atomic mass is 19.2. The molecule has 1 atom stereocenters. The summed E-state index contributed by atoms with van der Waals surface area (Å²) in [4.78, 5) is 26.0. The van der Waals surface area contributed by atoms with E-state index in [0.717, 1.165) is 0 Å². The van der Waals surface area contributed by atoms with Gasteiger partial charge >= 0.3 is 0 Å². The zero-order valence-corrected chi connectivity index (χ0v) is 25.6. The lowest BCUT2D eigenvalue weighted by Crippen LogP contribution is -2.49. The van der Waals surface area contributed by atoms with Crippen LogP contribution in [0.2, 0.25) is 0 Å². The zero-order chi connectivity index (χ0) is 32.4. The minimum absolute atomic E-state index is 0.0551. The number of nitrogen functional groups attached to an aromatic ring is 1. The number of piperidine rings is 1. The van der Waals surface area contributed by atoms with Gasteiger partial charge in [-0.05, 0) is 57.0 Å². The molecule has 0 aliphatic carbocycles. The smallest absolute Gasteiger partial charge is 0.264 e. The van der Waals surface area contributed by atoms with Crippen molar-refractivity contribution in [1.29, 1.82) is 5.26 Å². The molecular weight excluding hydrogens is 594 g/mol. The van der Waals surface area contributed by atoms with Gasteiger partial charge in [0.05, 0.1) is 24.6 Å². The van der Waals surface area contributed by atoms with Crippen LogP contribution in [0.25, 0.3) is 22.3 Å². The summed E-state index contributed by atoms with van der Waals surface area (Å²) < 4.78 is 43.6. The number of hydrogen-bond donors (Lipinski definition) is 1. The highest BCUT2D eigenvalue weighted by Gasteiger charge is 2.33. The maximum atomic E-state index is 15.6. The molecule has 0 saturated carbocycles. The molecular formula is C33H34F2N8O3. The summed E-state index contributed by atoms with van der Waals surface area (Å²) in [5, 5.41) is 15.0. The normalized spacial score (nSPS) is 18.0. The fourth-order valence-electron chi connectivity index (χ4n) is 6.08. The maximum Gasteiger partial charge on any atom is 0.264 e. The van der Waals surface area contributed by atoms with E-state index in [0.29, 0.717) is 57.1 Å². The van der Waals surface area contributed by atoms with Crippen molar-refractivity contribution >= 4 is 22.8 Å². The molecule has 4 heterocycles. The molecule has 1 amide bonds. The summed E-state index contributed by atoms with van der Waals surface area (Å²) in [6.45, 7) is 7.24. The van der Waals surface area contributed by atoms with E-state index in [1.54, 1.807) is 46.0 Å². The number of anilines is 1. The number of benzene rings is 2. The summed E-state index contributed by atoms with van der Waals surface area (Å²) in [5.74, 6) is -2.57. The van der Waals surface area contributed by atoms with Crippen molar-refractivity contribution in [3.63, 3.8) is 0 Å². The molecule has 238 valence electrons. The van der Waals surface area contributed by atoms with Crippen molar-refractivity contribution in [2.24, 2.45) is 0 Å². The number of morpholine rings is 1. The minimum atomic E-state index is -1.18. The largest absolute Gasteiger partial charge is 0.454 e. The first-order chi connectivity index (χ1) is 22.2. The molecule has 46 heavy (non-hydrogen) atoms. The molecule has 2 N–H and O–H groups in total. The number of para-hydroxylation sites is 1. The van der Waals surface area contributed by atoms with E-state index < -0.39 is 17.2 Å². The van der Waals surface area contributed by atoms with E-state index in [9.17, 15) is 10.1 Å². The van der Waals surface area contributed by atoms with Gasteiger partial charge in [0, 0.05) is 37.3 Å². The lowest BCUT2D eigenvalue weighted by molar-refractivity contribution is -0.128. The van der Waals surface area contributed by atoms with Crippen LogP contribution in [-0.2, 0) is 9.53 Å². The maximum absolute atomic E-state index is 15.6. The van der Waals surface area contributed by atoms with Gasteiger partial charge in [-0.25, -0.2) is 19.0 Å². The van der Waals surface area contributed by atoms with Gasteiger partial charge in [0.15, 0.2) is 17.2 Å². The highest BCUT2D eigenvalue weighted by Crippen LogP contribution is 2.38. The van der Waals surface area contributed by atoms with Crippen molar-refractivity contribution in [2.75, 3.05) is 45.1 Å². The third kappa shape index (κ3) is 6.01. The first-order valence-corrected chi connectivity index (χ1v) is 15.1. The van der Waals surface area contributed by atoms with Gasteiger partial charge in [0.25, 0.3) is 5.91 Å². The summed E-state index contributed by atoms with van der Waals surface area (Å²) >= 11 is 0. The van der Waals surface area contributed by atoms with Gasteiger partial charge < -0.3 is 20.1 Å². The predicted octanol–water partition coefficient (Wildman–Crippen LogP) is 4.87. The first kappa shape index (κ1) is 31.1. The van der Waals surface area contributed by atoms with Gasteiger partial charge in [-0.15, -0.1) is 0 Å². The number of nitriles is 1.